The number of hydrogen-bond acceptors (Lipinski definition) is 4. The lowest BCUT2D eigenvalue weighted by molar-refractivity contribution is 0.415. The first-order chi connectivity index (χ1) is 10.8. The van der Waals surface area contributed by atoms with Gasteiger partial charge in [-0.3, -0.25) is 5.10 Å². The predicted octanol–water partition coefficient (Wildman–Crippen LogP) is 3.99. The number of methoxy groups -OCH3 is 2. The van der Waals surface area contributed by atoms with Gasteiger partial charge in [0.05, 0.1) is 14.2 Å². The van der Waals surface area contributed by atoms with Crippen molar-refractivity contribution in [2.45, 2.75) is 0 Å². The summed E-state index contributed by atoms with van der Waals surface area (Å²) in [7, 11) is 3.29. The Hall–Kier alpha value is -2.95. The lowest BCUT2D eigenvalue weighted by Gasteiger charge is -2.00. The van der Waals surface area contributed by atoms with Crippen LogP contribution in [0.25, 0.3) is 33.3 Å². The fraction of sp³-hybridized carbons (Fsp3) is 0.118. The summed E-state index contributed by atoms with van der Waals surface area (Å²) in [6.45, 7) is 0. The number of aromatic nitrogens is 2. The van der Waals surface area contributed by atoms with Crippen LogP contribution >= 0.6 is 0 Å². The summed E-state index contributed by atoms with van der Waals surface area (Å²) < 4.78 is 16.4. The zero-order chi connectivity index (χ0) is 15.1. The monoisotopic (exact) mass is 294 g/mol. The molecule has 0 saturated carbocycles. The Kier molecular flexibility index (Phi) is 2.79. The third kappa shape index (κ3) is 1.83. The average molecular weight is 294 g/mol. The number of furan rings is 1. The van der Waals surface area contributed by atoms with E-state index in [-0.39, 0.29) is 0 Å². The molecule has 0 aliphatic carbocycles. The minimum Gasteiger partial charge on any atom is -0.497 e. The second-order valence-electron chi connectivity index (χ2n) is 4.97. The molecule has 0 aliphatic heterocycles. The molecule has 0 saturated heterocycles. The summed E-state index contributed by atoms with van der Waals surface area (Å²) in [4.78, 5) is 0. The van der Waals surface area contributed by atoms with Crippen molar-refractivity contribution in [2.75, 3.05) is 14.2 Å². The maximum absolute atomic E-state index is 5.95. The van der Waals surface area contributed by atoms with Crippen LogP contribution in [0.3, 0.4) is 0 Å². The largest absolute Gasteiger partial charge is 0.497 e. The van der Waals surface area contributed by atoms with Gasteiger partial charge in [0.15, 0.2) is 5.58 Å². The van der Waals surface area contributed by atoms with Crippen LogP contribution in [0, 0.1) is 0 Å². The van der Waals surface area contributed by atoms with E-state index in [9.17, 15) is 0 Å². The van der Waals surface area contributed by atoms with Crippen molar-refractivity contribution in [1.82, 2.24) is 10.2 Å². The molecule has 5 heteroatoms. The Balaban J connectivity index is 1.91. The summed E-state index contributed by atoms with van der Waals surface area (Å²) in [6, 6.07) is 13.5. The van der Waals surface area contributed by atoms with Gasteiger partial charge in [-0.2, -0.15) is 5.10 Å². The van der Waals surface area contributed by atoms with Crippen LogP contribution in [-0.2, 0) is 0 Å². The molecule has 0 aliphatic rings. The van der Waals surface area contributed by atoms with Gasteiger partial charge < -0.3 is 13.9 Å². The van der Waals surface area contributed by atoms with Gasteiger partial charge in [0.2, 0.25) is 0 Å². The fourth-order valence-electron chi connectivity index (χ4n) is 2.59. The van der Waals surface area contributed by atoms with Crippen molar-refractivity contribution in [2.24, 2.45) is 0 Å². The van der Waals surface area contributed by atoms with Gasteiger partial charge >= 0.3 is 0 Å². The molecule has 4 aromatic rings. The van der Waals surface area contributed by atoms with E-state index >= 15 is 0 Å². The van der Waals surface area contributed by atoms with E-state index in [0.29, 0.717) is 0 Å². The molecule has 0 radical (unpaired) electrons. The predicted molar refractivity (Wildman–Crippen MR) is 84.4 cm³/mol. The highest BCUT2D eigenvalue weighted by atomic mass is 16.5. The summed E-state index contributed by atoms with van der Waals surface area (Å²) in [6.07, 6.45) is 0. The van der Waals surface area contributed by atoms with Crippen LogP contribution in [0.4, 0.5) is 0 Å². The van der Waals surface area contributed by atoms with Gasteiger partial charge in [0.25, 0.3) is 0 Å². The first-order valence-electron chi connectivity index (χ1n) is 6.89. The normalized spacial score (nSPS) is 11.2. The summed E-state index contributed by atoms with van der Waals surface area (Å²) in [5.74, 6) is 1.60. The molecule has 2 heterocycles. The Morgan fingerprint density at radius 1 is 0.955 bits per heavy atom. The van der Waals surface area contributed by atoms with Crippen molar-refractivity contribution in [3.63, 3.8) is 0 Å². The van der Waals surface area contributed by atoms with Crippen molar-refractivity contribution < 1.29 is 13.9 Å². The molecule has 5 nitrogen and oxygen atoms in total. The molecule has 2 aromatic carbocycles. The Morgan fingerprint density at radius 2 is 1.68 bits per heavy atom. The first kappa shape index (κ1) is 12.8. The molecule has 22 heavy (non-hydrogen) atoms. The number of aromatic amines is 1. The number of nitrogens with one attached hydrogen (secondary N) is 1. The number of fused-ring (bicyclic) bond motifs is 3. The molecule has 0 bridgehead atoms. The molecular formula is C17H14N2O3. The summed E-state index contributed by atoms with van der Waals surface area (Å²) >= 11 is 0. The first-order valence-corrected chi connectivity index (χ1v) is 6.89. The van der Waals surface area contributed by atoms with Gasteiger partial charge in [-0.1, -0.05) is 0 Å². The molecule has 0 atom stereocenters. The molecule has 110 valence electrons. The molecule has 4 rings (SSSR count). The Labute approximate surface area is 126 Å². The van der Waals surface area contributed by atoms with Gasteiger partial charge in [-0.25, -0.2) is 0 Å². The van der Waals surface area contributed by atoms with Gasteiger partial charge in [-0.15, -0.1) is 0 Å². The molecule has 0 unspecified atom stereocenters. The van der Waals surface area contributed by atoms with E-state index in [4.69, 9.17) is 13.9 Å². The molecule has 0 spiro atoms. The maximum Gasteiger partial charge on any atom is 0.181 e. The van der Waals surface area contributed by atoms with E-state index in [1.165, 1.54) is 0 Å². The maximum atomic E-state index is 5.95. The van der Waals surface area contributed by atoms with Crippen LogP contribution in [0.5, 0.6) is 11.5 Å². The van der Waals surface area contributed by atoms with Crippen molar-refractivity contribution in [1.29, 1.82) is 0 Å². The molecule has 1 N–H and O–H groups in total. The minimum atomic E-state index is 0.744. The Bertz CT molecular complexity index is 951. The van der Waals surface area contributed by atoms with Crippen LogP contribution in [-0.4, -0.2) is 24.4 Å². The number of H-pyrrole nitrogens is 1. The number of nitrogens with zero attached hydrogens (tertiary/aromatic N) is 1. The molecular weight excluding hydrogens is 280 g/mol. The number of ether oxygens (including phenoxy) is 2. The molecule has 2 aromatic heterocycles. The minimum absolute atomic E-state index is 0.744. The van der Waals surface area contributed by atoms with Crippen LogP contribution < -0.4 is 9.47 Å². The third-order valence-corrected chi connectivity index (χ3v) is 3.75. The molecule has 0 amide bonds. The van der Waals surface area contributed by atoms with Gasteiger partial charge in [0.1, 0.15) is 28.3 Å². The number of hydrogen-bond donors (Lipinski definition) is 1. The quantitative estimate of drug-likeness (QED) is 0.620. The third-order valence-electron chi connectivity index (χ3n) is 3.75. The summed E-state index contributed by atoms with van der Waals surface area (Å²) in [5, 5.41) is 8.41. The van der Waals surface area contributed by atoms with Crippen LogP contribution in [0.2, 0.25) is 0 Å². The van der Waals surface area contributed by atoms with E-state index < -0.39 is 0 Å². The SMILES string of the molecule is COc1ccc(-c2n[nH]c3c2oc2ccc(OC)cc23)cc1. The van der Waals surface area contributed by atoms with E-state index in [1.807, 2.05) is 42.5 Å². The lowest BCUT2D eigenvalue weighted by Crippen LogP contribution is -1.83. The van der Waals surface area contributed by atoms with Crippen molar-refractivity contribution in [3.8, 4) is 22.8 Å². The second kappa shape index (κ2) is 4.80. The fourth-order valence-corrected chi connectivity index (χ4v) is 2.59. The molecule has 0 fully saturated rings. The van der Waals surface area contributed by atoms with Crippen LogP contribution in [0.15, 0.2) is 46.9 Å². The topological polar surface area (TPSA) is 60.3 Å². The summed E-state index contributed by atoms with van der Waals surface area (Å²) in [5.41, 5.74) is 4.18. The number of rotatable bonds is 3. The number of benzene rings is 2. The van der Waals surface area contributed by atoms with E-state index in [2.05, 4.69) is 10.2 Å². The highest BCUT2D eigenvalue weighted by Gasteiger charge is 2.16. The second-order valence-corrected chi connectivity index (χ2v) is 4.97. The zero-order valence-corrected chi connectivity index (χ0v) is 12.2. The van der Waals surface area contributed by atoms with E-state index in [0.717, 1.165) is 44.8 Å². The average Bonchev–Trinajstić information content (AvgIpc) is 3.13. The van der Waals surface area contributed by atoms with Gasteiger partial charge in [-0.05, 0) is 42.5 Å². The van der Waals surface area contributed by atoms with Crippen molar-refractivity contribution in [3.05, 3.63) is 42.5 Å². The van der Waals surface area contributed by atoms with Crippen molar-refractivity contribution >= 4 is 22.1 Å². The highest BCUT2D eigenvalue weighted by Crippen LogP contribution is 2.35. The lowest BCUT2D eigenvalue weighted by atomic mass is 10.1. The zero-order valence-electron chi connectivity index (χ0n) is 12.2. The van der Waals surface area contributed by atoms with Crippen LogP contribution in [0.1, 0.15) is 0 Å². The standard InChI is InChI=1S/C17H14N2O3/c1-20-11-5-3-10(4-6-11)15-17-16(19-18-15)13-9-12(21-2)7-8-14(13)22-17/h3-9H,1-2H3,(H,18,19). The Morgan fingerprint density at radius 3 is 2.41 bits per heavy atom. The smallest absolute Gasteiger partial charge is 0.181 e. The van der Waals surface area contributed by atoms with Gasteiger partial charge in [0, 0.05) is 10.9 Å². The highest BCUT2D eigenvalue weighted by molar-refractivity contribution is 6.07. The van der Waals surface area contributed by atoms with E-state index in [1.54, 1.807) is 14.2 Å².